The number of hydrogen-bond donors (Lipinski definition) is 2. The van der Waals surface area contributed by atoms with Crippen LogP contribution in [0.25, 0.3) is 0 Å². The first kappa shape index (κ1) is 15.0. The van der Waals surface area contributed by atoms with Crippen LogP contribution in [-0.2, 0) is 16.1 Å². The molecule has 1 rings (SSSR count). The van der Waals surface area contributed by atoms with Crippen molar-refractivity contribution in [3.63, 3.8) is 0 Å². The number of rotatable bonds is 7. The molecule has 104 valence electrons. The van der Waals surface area contributed by atoms with E-state index in [9.17, 15) is 9.59 Å². The molecule has 0 unspecified atom stereocenters. The number of ether oxygens (including phenoxy) is 1. The van der Waals surface area contributed by atoms with Gasteiger partial charge in [0.05, 0.1) is 0 Å². The van der Waals surface area contributed by atoms with E-state index in [1.54, 1.807) is 0 Å². The molecule has 1 aromatic rings. The lowest BCUT2D eigenvalue weighted by molar-refractivity contribution is -0.138. The topological polar surface area (TPSA) is 87.1 Å². The van der Waals surface area contributed by atoms with Gasteiger partial charge in [-0.25, -0.2) is 4.79 Å². The summed E-state index contributed by atoms with van der Waals surface area (Å²) in [6.45, 7) is -0.305. The fourth-order valence-corrected chi connectivity index (χ4v) is 1.47. The van der Waals surface area contributed by atoms with Crippen LogP contribution in [-0.4, -0.2) is 46.9 Å². The molecule has 1 aromatic carbocycles. The van der Waals surface area contributed by atoms with Gasteiger partial charge in [0.1, 0.15) is 13.2 Å². The molecular formula is C13H17NO5. The first-order valence-corrected chi connectivity index (χ1v) is 5.91. The minimum atomic E-state index is -1.12. The van der Waals surface area contributed by atoms with Gasteiger partial charge in [-0.1, -0.05) is 30.3 Å². The van der Waals surface area contributed by atoms with Gasteiger partial charge in [0, 0.05) is 13.2 Å². The molecule has 0 bridgehead atoms. The van der Waals surface area contributed by atoms with Crippen molar-refractivity contribution in [1.82, 2.24) is 4.90 Å². The average molecular weight is 267 g/mol. The van der Waals surface area contributed by atoms with Gasteiger partial charge in [-0.05, 0) is 12.0 Å². The van der Waals surface area contributed by atoms with E-state index < -0.39 is 18.6 Å². The summed E-state index contributed by atoms with van der Waals surface area (Å²) in [5.41, 5.74) is 0.827. The minimum Gasteiger partial charge on any atom is -0.480 e. The Bertz CT molecular complexity index is 407. The number of nitrogens with zero attached hydrogens (tertiary/aromatic N) is 1. The second kappa shape index (κ2) is 8.10. The Hall–Kier alpha value is -2.08. The highest BCUT2D eigenvalue weighted by Crippen LogP contribution is 2.04. The second-order valence-corrected chi connectivity index (χ2v) is 3.93. The van der Waals surface area contributed by atoms with Crippen molar-refractivity contribution in [2.24, 2.45) is 0 Å². The normalized spacial score (nSPS) is 9.95. The van der Waals surface area contributed by atoms with Crippen LogP contribution in [0.4, 0.5) is 4.79 Å². The molecule has 19 heavy (non-hydrogen) atoms. The maximum atomic E-state index is 11.7. The highest BCUT2D eigenvalue weighted by atomic mass is 16.6. The molecule has 0 aromatic heterocycles. The van der Waals surface area contributed by atoms with Crippen LogP contribution in [0.15, 0.2) is 30.3 Å². The third kappa shape index (κ3) is 5.87. The van der Waals surface area contributed by atoms with Gasteiger partial charge in [0.2, 0.25) is 0 Å². The molecule has 0 saturated carbocycles. The van der Waals surface area contributed by atoms with Gasteiger partial charge < -0.3 is 14.9 Å². The third-order valence-electron chi connectivity index (χ3n) is 2.38. The molecule has 0 saturated heterocycles. The summed E-state index contributed by atoms with van der Waals surface area (Å²) in [5, 5.41) is 17.4. The SMILES string of the molecule is O=C(O)CN(CCCO)C(=O)OCc1ccccc1. The molecule has 0 spiro atoms. The van der Waals surface area contributed by atoms with Crippen molar-refractivity contribution in [3.8, 4) is 0 Å². The van der Waals surface area contributed by atoms with Crippen molar-refractivity contribution < 1.29 is 24.5 Å². The molecular weight excluding hydrogens is 250 g/mol. The molecule has 6 heteroatoms. The molecule has 0 radical (unpaired) electrons. The highest BCUT2D eigenvalue weighted by molar-refractivity contribution is 5.76. The number of carbonyl (C=O) groups excluding carboxylic acids is 1. The van der Waals surface area contributed by atoms with Gasteiger partial charge in [0.25, 0.3) is 0 Å². The van der Waals surface area contributed by atoms with Crippen molar-refractivity contribution in [1.29, 1.82) is 0 Å². The number of carboxylic acids is 1. The molecule has 0 aliphatic heterocycles. The van der Waals surface area contributed by atoms with E-state index in [0.717, 1.165) is 10.5 Å². The first-order valence-electron chi connectivity index (χ1n) is 5.91. The zero-order valence-electron chi connectivity index (χ0n) is 10.5. The van der Waals surface area contributed by atoms with Crippen LogP contribution in [0.2, 0.25) is 0 Å². The summed E-state index contributed by atoms with van der Waals surface area (Å²) < 4.78 is 5.03. The lowest BCUT2D eigenvalue weighted by Crippen LogP contribution is -2.37. The molecule has 2 N–H and O–H groups in total. The Labute approximate surface area is 111 Å². The summed E-state index contributed by atoms with van der Waals surface area (Å²) >= 11 is 0. The number of hydrogen-bond acceptors (Lipinski definition) is 4. The molecule has 0 aliphatic carbocycles. The lowest BCUT2D eigenvalue weighted by Gasteiger charge is -2.19. The summed E-state index contributed by atoms with van der Waals surface area (Å²) in [4.78, 5) is 23.4. The van der Waals surface area contributed by atoms with Crippen LogP contribution >= 0.6 is 0 Å². The number of carboxylic acid groups (broad SMARTS) is 1. The quantitative estimate of drug-likeness (QED) is 0.772. The highest BCUT2D eigenvalue weighted by Gasteiger charge is 2.17. The predicted molar refractivity (Wildman–Crippen MR) is 67.5 cm³/mol. The van der Waals surface area contributed by atoms with Gasteiger partial charge >= 0.3 is 12.1 Å². The van der Waals surface area contributed by atoms with Crippen molar-refractivity contribution in [2.75, 3.05) is 19.7 Å². The Morgan fingerprint density at radius 1 is 1.21 bits per heavy atom. The molecule has 6 nitrogen and oxygen atoms in total. The van der Waals surface area contributed by atoms with E-state index in [4.69, 9.17) is 14.9 Å². The summed E-state index contributed by atoms with van der Waals surface area (Å²) in [5.74, 6) is -1.12. The number of carbonyl (C=O) groups is 2. The Kier molecular flexibility index (Phi) is 6.38. The molecule has 1 amide bonds. The average Bonchev–Trinajstić information content (AvgIpc) is 2.41. The maximum absolute atomic E-state index is 11.7. The standard InChI is InChI=1S/C13H17NO5/c15-8-4-7-14(9-12(16)17)13(18)19-10-11-5-2-1-3-6-11/h1-3,5-6,15H,4,7-10H2,(H,16,17). The number of aliphatic hydroxyl groups excluding tert-OH is 1. The minimum absolute atomic E-state index is 0.0922. The van der Waals surface area contributed by atoms with Crippen LogP contribution < -0.4 is 0 Å². The fourth-order valence-electron chi connectivity index (χ4n) is 1.47. The van der Waals surface area contributed by atoms with Crippen molar-refractivity contribution in [2.45, 2.75) is 13.0 Å². The summed E-state index contributed by atoms with van der Waals surface area (Å²) in [6.07, 6.45) is -0.382. The second-order valence-electron chi connectivity index (χ2n) is 3.93. The molecule has 0 heterocycles. The Morgan fingerprint density at radius 2 is 1.89 bits per heavy atom. The van der Waals surface area contributed by atoms with Gasteiger partial charge in [-0.3, -0.25) is 9.69 Å². The van der Waals surface area contributed by atoms with Gasteiger partial charge in [-0.15, -0.1) is 0 Å². The zero-order valence-corrected chi connectivity index (χ0v) is 10.5. The van der Waals surface area contributed by atoms with E-state index in [0.29, 0.717) is 6.42 Å². The number of benzene rings is 1. The van der Waals surface area contributed by atoms with Gasteiger partial charge in [-0.2, -0.15) is 0 Å². The van der Waals surface area contributed by atoms with Crippen LogP contribution in [0.1, 0.15) is 12.0 Å². The summed E-state index contributed by atoms with van der Waals surface area (Å²) in [6, 6.07) is 9.11. The predicted octanol–water partition coefficient (Wildman–Crippen LogP) is 1.09. The number of aliphatic carboxylic acids is 1. The molecule has 0 atom stereocenters. The van der Waals surface area contributed by atoms with Crippen molar-refractivity contribution >= 4 is 12.1 Å². The first-order chi connectivity index (χ1) is 9.13. The van der Waals surface area contributed by atoms with E-state index >= 15 is 0 Å². The number of aliphatic hydroxyl groups is 1. The third-order valence-corrected chi connectivity index (χ3v) is 2.38. The van der Waals surface area contributed by atoms with Gasteiger partial charge in [0.15, 0.2) is 0 Å². The lowest BCUT2D eigenvalue weighted by atomic mass is 10.2. The zero-order chi connectivity index (χ0) is 14.1. The number of amides is 1. The van der Waals surface area contributed by atoms with Crippen LogP contribution in [0, 0.1) is 0 Å². The Morgan fingerprint density at radius 3 is 2.47 bits per heavy atom. The van der Waals surface area contributed by atoms with E-state index in [1.165, 1.54) is 0 Å². The molecule has 0 aliphatic rings. The van der Waals surface area contributed by atoms with Crippen LogP contribution in [0.5, 0.6) is 0 Å². The van der Waals surface area contributed by atoms with E-state index in [-0.39, 0.29) is 19.8 Å². The summed E-state index contributed by atoms with van der Waals surface area (Å²) in [7, 11) is 0. The fraction of sp³-hybridized carbons (Fsp3) is 0.385. The van der Waals surface area contributed by atoms with E-state index in [1.807, 2.05) is 30.3 Å². The van der Waals surface area contributed by atoms with Crippen molar-refractivity contribution in [3.05, 3.63) is 35.9 Å². The van der Waals surface area contributed by atoms with Crippen LogP contribution in [0.3, 0.4) is 0 Å². The smallest absolute Gasteiger partial charge is 0.410 e. The van der Waals surface area contributed by atoms with E-state index in [2.05, 4.69) is 0 Å². The maximum Gasteiger partial charge on any atom is 0.410 e. The monoisotopic (exact) mass is 267 g/mol. The Balaban J connectivity index is 2.48. The largest absolute Gasteiger partial charge is 0.480 e. The molecule has 0 fully saturated rings.